The molecule has 0 aliphatic carbocycles. The number of carboxylic acid groups (broad SMARTS) is 1. The SMILES string of the molecule is O=C(N[C@@H](Cc1ccc(NC(=O)N2CCN(c3ccccc3)CC2)cc1)C(=O)O)C1CCCN(c2ncnc(NCc3ccncc3)c2F)C1. The van der Waals surface area contributed by atoms with Crippen LogP contribution in [0.3, 0.4) is 0 Å². The molecule has 4 N–H and O–H groups in total. The minimum absolute atomic E-state index is 0.0524. The van der Waals surface area contributed by atoms with Crippen molar-refractivity contribution >= 4 is 40.9 Å². The number of carboxylic acids is 1. The fourth-order valence-corrected chi connectivity index (χ4v) is 6.23. The van der Waals surface area contributed by atoms with Crippen LogP contribution < -0.4 is 25.8 Å². The minimum Gasteiger partial charge on any atom is -0.480 e. The molecule has 14 heteroatoms. The summed E-state index contributed by atoms with van der Waals surface area (Å²) in [5.74, 6) is -2.60. The molecule has 2 aromatic heterocycles. The number of hydrogen-bond acceptors (Lipinski definition) is 9. The van der Waals surface area contributed by atoms with E-state index in [4.69, 9.17) is 0 Å². The highest BCUT2D eigenvalue weighted by atomic mass is 19.1. The first-order chi connectivity index (χ1) is 24.3. The summed E-state index contributed by atoms with van der Waals surface area (Å²) in [7, 11) is 0. The predicted octanol–water partition coefficient (Wildman–Crippen LogP) is 4.01. The summed E-state index contributed by atoms with van der Waals surface area (Å²) in [4.78, 5) is 56.3. The predicted molar refractivity (Wildman–Crippen MR) is 187 cm³/mol. The maximum absolute atomic E-state index is 15.5. The van der Waals surface area contributed by atoms with Crippen LogP contribution in [-0.4, -0.2) is 88.2 Å². The van der Waals surface area contributed by atoms with Gasteiger partial charge in [0.15, 0.2) is 11.6 Å². The van der Waals surface area contributed by atoms with Gasteiger partial charge in [0.05, 0.1) is 5.92 Å². The smallest absolute Gasteiger partial charge is 0.326 e. The Labute approximate surface area is 289 Å². The van der Waals surface area contributed by atoms with Gasteiger partial charge in [-0.3, -0.25) is 9.78 Å². The third-order valence-electron chi connectivity index (χ3n) is 9.02. The van der Waals surface area contributed by atoms with Gasteiger partial charge in [-0.15, -0.1) is 0 Å². The number of pyridine rings is 1. The van der Waals surface area contributed by atoms with Crippen LogP contribution in [0.4, 0.5) is 32.2 Å². The van der Waals surface area contributed by atoms with Crippen LogP contribution in [0.2, 0.25) is 0 Å². The summed E-state index contributed by atoms with van der Waals surface area (Å²) in [6.07, 6.45) is 5.78. The molecule has 2 aliphatic rings. The van der Waals surface area contributed by atoms with Crippen molar-refractivity contribution in [3.8, 4) is 0 Å². The van der Waals surface area contributed by atoms with Gasteiger partial charge < -0.3 is 35.8 Å². The van der Waals surface area contributed by atoms with Gasteiger partial charge in [0.25, 0.3) is 0 Å². The number of halogens is 1. The topological polar surface area (TPSA) is 156 Å². The summed E-state index contributed by atoms with van der Waals surface area (Å²) < 4.78 is 15.5. The number of aromatic nitrogens is 3. The highest BCUT2D eigenvalue weighted by Crippen LogP contribution is 2.27. The monoisotopic (exact) mass is 681 g/mol. The van der Waals surface area contributed by atoms with Crippen LogP contribution in [0, 0.1) is 11.7 Å². The van der Waals surface area contributed by atoms with Crippen molar-refractivity contribution < 1.29 is 23.9 Å². The average molecular weight is 682 g/mol. The van der Waals surface area contributed by atoms with Crippen molar-refractivity contribution in [2.75, 3.05) is 59.7 Å². The van der Waals surface area contributed by atoms with Gasteiger partial charge in [-0.2, -0.15) is 4.39 Å². The Morgan fingerprint density at radius 1 is 0.880 bits per heavy atom. The Balaban J connectivity index is 0.999. The second kappa shape index (κ2) is 16.1. The second-order valence-electron chi connectivity index (χ2n) is 12.4. The van der Waals surface area contributed by atoms with E-state index in [9.17, 15) is 19.5 Å². The van der Waals surface area contributed by atoms with E-state index in [2.05, 4.69) is 47.9 Å². The quantitative estimate of drug-likeness (QED) is 0.183. The zero-order valence-corrected chi connectivity index (χ0v) is 27.5. The maximum Gasteiger partial charge on any atom is 0.326 e. The fourth-order valence-electron chi connectivity index (χ4n) is 6.23. The molecule has 1 unspecified atom stereocenters. The molecule has 2 saturated heterocycles. The third-order valence-corrected chi connectivity index (χ3v) is 9.02. The second-order valence-corrected chi connectivity index (χ2v) is 12.4. The van der Waals surface area contributed by atoms with Gasteiger partial charge in [0.2, 0.25) is 11.7 Å². The molecule has 6 rings (SSSR count). The van der Waals surface area contributed by atoms with Gasteiger partial charge in [-0.25, -0.2) is 19.6 Å². The summed E-state index contributed by atoms with van der Waals surface area (Å²) in [6, 6.07) is 19.3. The normalized spacial score (nSPS) is 16.7. The number of para-hydroxylation sites is 1. The first kappa shape index (κ1) is 34.1. The van der Waals surface area contributed by atoms with Gasteiger partial charge in [-0.1, -0.05) is 30.3 Å². The molecule has 50 heavy (non-hydrogen) atoms. The van der Waals surface area contributed by atoms with Crippen molar-refractivity contribution in [2.45, 2.75) is 31.8 Å². The molecule has 260 valence electrons. The van der Waals surface area contributed by atoms with Crippen molar-refractivity contribution in [2.24, 2.45) is 5.92 Å². The van der Waals surface area contributed by atoms with E-state index in [0.29, 0.717) is 50.3 Å². The van der Waals surface area contributed by atoms with Gasteiger partial charge in [0.1, 0.15) is 12.4 Å². The lowest BCUT2D eigenvalue weighted by Crippen LogP contribution is -2.50. The standard InChI is InChI=1S/C36H40FN9O4/c37-31-32(39-22-26-12-14-38-15-13-26)40-24-41-33(31)46-16-4-5-27(23-46)34(47)43-30(35(48)49)21-25-8-10-28(11-9-25)42-36(50)45-19-17-44(18-20-45)29-6-2-1-3-7-29/h1-3,6-15,24,27,30H,4-5,16-23H2,(H,42,50)(H,43,47)(H,48,49)(H,39,40,41)/t27?,30-/m0/s1. The molecular weight excluding hydrogens is 641 g/mol. The Hall–Kier alpha value is -5.79. The van der Waals surface area contributed by atoms with E-state index in [0.717, 1.165) is 24.3 Å². The van der Waals surface area contributed by atoms with E-state index in [1.807, 2.05) is 30.3 Å². The number of amides is 3. The van der Waals surface area contributed by atoms with E-state index in [-0.39, 0.29) is 30.6 Å². The molecule has 0 spiro atoms. The number of piperazine rings is 1. The van der Waals surface area contributed by atoms with E-state index >= 15 is 4.39 Å². The number of piperidine rings is 1. The summed E-state index contributed by atoms with van der Waals surface area (Å²) in [5, 5.41) is 18.5. The van der Waals surface area contributed by atoms with Gasteiger partial charge in [-0.05, 0) is 60.4 Å². The largest absolute Gasteiger partial charge is 0.480 e. The van der Waals surface area contributed by atoms with Crippen molar-refractivity contribution in [1.82, 2.24) is 25.2 Å². The van der Waals surface area contributed by atoms with Crippen LogP contribution >= 0.6 is 0 Å². The lowest BCUT2D eigenvalue weighted by atomic mass is 9.96. The van der Waals surface area contributed by atoms with Gasteiger partial charge in [0, 0.05) is 76.0 Å². The third kappa shape index (κ3) is 8.62. The van der Waals surface area contributed by atoms with Crippen molar-refractivity contribution in [3.05, 3.63) is 102 Å². The number of rotatable bonds is 11. The maximum atomic E-state index is 15.5. The molecule has 2 fully saturated rings. The molecule has 4 heterocycles. The summed E-state index contributed by atoms with van der Waals surface area (Å²) >= 11 is 0. The Morgan fingerprint density at radius 2 is 1.62 bits per heavy atom. The number of carbonyl (C=O) groups excluding carboxylic acids is 2. The Morgan fingerprint density at radius 3 is 2.34 bits per heavy atom. The first-order valence-corrected chi connectivity index (χ1v) is 16.7. The molecule has 2 aliphatic heterocycles. The summed E-state index contributed by atoms with van der Waals surface area (Å²) in [5.41, 5.74) is 3.33. The molecular formula is C36H40FN9O4. The lowest BCUT2D eigenvalue weighted by molar-refractivity contribution is -0.142. The highest BCUT2D eigenvalue weighted by Gasteiger charge is 2.31. The molecule has 0 saturated carbocycles. The number of hydrogen-bond donors (Lipinski definition) is 4. The Kier molecular flexibility index (Phi) is 11.0. The van der Waals surface area contributed by atoms with E-state index < -0.39 is 29.7 Å². The number of benzene rings is 2. The van der Waals surface area contributed by atoms with Crippen LogP contribution in [0.5, 0.6) is 0 Å². The number of anilines is 4. The van der Waals surface area contributed by atoms with Crippen molar-refractivity contribution in [3.63, 3.8) is 0 Å². The number of carbonyl (C=O) groups is 3. The zero-order valence-electron chi connectivity index (χ0n) is 27.5. The van der Waals surface area contributed by atoms with Crippen molar-refractivity contribution in [1.29, 1.82) is 0 Å². The Bertz CT molecular complexity index is 1760. The molecule has 0 bridgehead atoms. The van der Waals surface area contributed by atoms with Crippen LogP contribution in [0.25, 0.3) is 0 Å². The minimum atomic E-state index is -1.17. The summed E-state index contributed by atoms with van der Waals surface area (Å²) in [6.45, 7) is 3.69. The molecule has 2 aromatic carbocycles. The number of nitrogens with one attached hydrogen (secondary N) is 3. The average Bonchev–Trinajstić information content (AvgIpc) is 3.15. The van der Waals surface area contributed by atoms with E-state index in [1.54, 1.807) is 46.5 Å². The van der Waals surface area contributed by atoms with Gasteiger partial charge >= 0.3 is 12.0 Å². The molecule has 2 atom stereocenters. The first-order valence-electron chi connectivity index (χ1n) is 16.7. The molecule has 3 amide bonds. The zero-order chi connectivity index (χ0) is 34.9. The number of aliphatic carboxylic acids is 1. The lowest BCUT2D eigenvalue weighted by Gasteiger charge is -2.36. The van der Waals surface area contributed by atoms with Crippen LogP contribution in [0.15, 0.2) is 85.5 Å². The number of nitrogens with zero attached hydrogens (tertiary/aromatic N) is 6. The molecule has 13 nitrogen and oxygen atoms in total. The fraction of sp³-hybridized carbons (Fsp3) is 0.333. The van der Waals surface area contributed by atoms with Crippen LogP contribution in [0.1, 0.15) is 24.0 Å². The molecule has 0 radical (unpaired) electrons. The molecule has 4 aromatic rings. The van der Waals surface area contributed by atoms with E-state index in [1.165, 1.54) is 6.33 Å². The number of urea groups is 1. The highest BCUT2D eigenvalue weighted by molar-refractivity contribution is 5.89. The van der Waals surface area contributed by atoms with Crippen LogP contribution in [-0.2, 0) is 22.6 Å².